The molecule has 0 aliphatic carbocycles. The fourth-order valence-electron chi connectivity index (χ4n) is 1.84. The number of carboxylic acid groups (broad SMARTS) is 2. The smallest absolute Gasteiger partial charge is 0.326 e. The van der Waals surface area contributed by atoms with Crippen molar-refractivity contribution in [3.8, 4) is 0 Å². The van der Waals surface area contributed by atoms with Crippen molar-refractivity contribution in [1.82, 2.24) is 24.9 Å². The number of aromatic nitrogens is 5. The van der Waals surface area contributed by atoms with Crippen LogP contribution in [-0.2, 0) is 16.0 Å². The van der Waals surface area contributed by atoms with Gasteiger partial charge in [-0.25, -0.2) is 9.78 Å². The lowest BCUT2D eigenvalue weighted by Crippen LogP contribution is -2.33. The zero-order chi connectivity index (χ0) is 18.4. The topological polar surface area (TPSA) is 178 Å². The highest BCUT2D eigenvalue weighted by molar-refractivity contribution is 5.77. The molecule has 0 spiro atoms. The van der Waals surface area contributed by atoms with Gasteiger partial charge < -0.3 is 31.1 Å². The fraction of sp³-hybridized carbons (Fsp3) is 0.385. The third-order valence-electron chi connectivity index (χ3n) is 3.16. The fourth-order valence-corrected chi connectivity index (χ4v) is 1.84. The first kappa shape index (κ1) is 17.9. The lowest BCUT2D eigenvalue weighted by Gasteiger charge is -2.15. The van der Waals surface area contributed by atoms with Gasteiger partial charge in [0.05, 0.1) is 6.33 Å². The standard InChI is InChI=1S/C13H18N8O4/c1-6(9(22)23)17-12-19-11(14-2)20-13(21-12)18-8(10(24)25)3-7-4-15-5-16-7/h4-6,8H,3H2,1-2H3,(H,15,16)(H,22,23)(H,24,25)(H3,14,17,18,19,20,21). The number of rotatable bonds is 9. The zero-order valence-electron chi connectivity index (χ0n) is 13.5. The first-order chi connectivity index (χ1) is 11.9. The summed E-state index contributed by atoms with van der Waals surface area (Å²) in [6, 6.07) is -1.95. The Balaban J connectivity index is 2.20. The second kappa shape index (κ2) is 7.90. The van der Waals surface area contributed by atoms with Gasteiger partial charge in [-0.2, -0.15) is 15.0 Å². The molecule has 2 atom stereocenters. The molecule has 0 saturated carbocycles. The van der Waals surface area contributed by atoms with Crippen molar-refractivity contribution < 1.29 is 19.8 Å². The molecule has 12 nitrogen and oxygen atoms in total. The lowest BCUT2D eigenvalue weighted by molar-refractivity contribution is -0.138. The SMILES string of the molecule is CNc1nc(NC(C)C(=O)O)nc(NC(Cc2cnc[nH]2)C(=O)O)n1. The van der Waals surface area contributed by atoms with E-state index in [1.54, 1.807) is 7.05 Å². The molecule has 0 fully saturated rings. The average molecular weight is 350 g/mol. The highest BCUT2D eigenvalue weighted by Crippen LogP contribution is 2.12. The average Bonchev–Trinajstić information content (AvgIpc) is 3.06. The van der Waals surface area contributed by atoms with Crippen LogP contribution in [0, 0.1) is 0 Å². The summed E-state index contributed by atoms with van der Waals surface area (Å²) in [7, 11) is 1.57. The summed E-state index contributed by atoms with van der Waals surface area (Å²) in [6.45, 7) is 1.43. The Kier molecular flexibility index (Phi) is 5.66. The first-order valence-corrected chi connectivity index (χ1v) is 7.28. The summed E-state index contributed by atoms with van der Waals surface area (Å²) in [6.07, 6.45) is 3.10. The van der Waals surface area contributed by atoms with Crippen LogP contribution in [0.15, 0.2) is 12.5 Å². The third kappa shape index (κ3) is 5.02. The Morgan fingerprint density at radius 2 is 1.76 bits per heavy atom. The van der Waals surface area contributed by atoms with Crippen LogP contribution >= 0.6 is 0 Å². The van der Waals surface area contributed by atoms with Gasteiger partial charge in [-0.05, 0) is 6.92 Å². The van der Waals surface area contributed by atoms with Crippen molar-refractivity contribution in [2.75, 3.05) is 23.0 Å². The van der Waals surface area contributed by atoms with Gasteiger partial charge in [0.15, 0.2) is 0 Å². The summed E-state index contributed by atoms with van der Waals surface area (Å²) in [4.78, 5) is 41.1. The molecule has 0 aromatic carbocycles. The summed E-state index contributed by atoms with van der Waals surface area (Å²) >= 11 is 0. The number of nitrogens with zero attached hydrogens (tertiary/aromatic N) is 4. The third-order valence-corrected chi connectivity index (χ3v) is 3.16. The van der Waals surface area contributed by atoms with Crippen LogP contribution in [0.25, 0.3) is 0 Å². The van der Waals surface area contributed by atoms with Crippen molar-refractivity contribution in [1.29, 1.82) is 0 Å². The van der Waals surface area contributed by atoms with E-state index in [-0.39, 0.29) is 24.3 Å². The highest BCUT2D eigenvalue weighted by atomic mass is 16.4. The van der Waals surface area contributed by atoms with Gasteiger partial charge in [0.1, 0.15) is 12.1 Å². The van der Waals surface area contributed by atoms with Crippen molar-refractivity contribution in [3.05, 3.63) is 18.2 Å². The first-order valence-electron chi connectivity index (χ1n) is 7.28. The molecule has 2 unspecified atom stereocenters. The quantitative estimate of drug-likeness (QED) is 0.347. The van der Waals surface area contributed by atoms with Crippen LogP contribution in [0.3, 0.4) is 0 Å². The van der Waals surface area contributed by atoms with Crippen molar-refractivity contribution >= 4 is 29.8 Å². The van der Waals surface area contributed by atoms with E-state index in [4.69, 9.17) is 5.11 Å². The molecule has 134 valence electrons. The molecule has 12 heteroatoms. The monoisotopic (exact) mass is 350 g/mol. The van der Waals surface area contributed by atoms with Gasteiger partial charge in [-0.1, -0.05) is 0 Å². The molecule has 2 aromatic heterocycles. The molecular weight excluding hydrogens is 332 g/mol. The van der Waals surface area contributed by atoms with Crippen LogP contribution in [0.4, 0.5) is 17.8 Å². The Hall–Kier alpha value is -3.44. The van der Waals surface area contributed by atoms with E-state index < -0.39 is 24.0 Å². The Bertz CT molecular complexity index is 736. The number of H-pyrrole nitrogens is 1. The van der Waals surface area contributed by atoms with E-state index in [2.05, 4.69) is 40.9 Å². The molecule has 0 aliphatic heterocycles. The molecule has 0 bridgehead atoms. The molecule has 0 saturated heterocycles. The summed E-state index contributed by atoms with van der Waals surface area (Å²) in [5, 5.41) is 26.3. The van der Waals surface area contributed by atoms with Crippen LogP contribution in [0.2, 0.25) is 0 Å². The van der Waals surface area contributed by atoms with Gasteiger partial charge in [0.2, 0.25) is 17.8 Å². The molecule has 25 heavy (non-hydrogen) atoms. The molecule has 6 N–H and O–H groups in total. The minimum atomic E-state index is -1.10. The van der Waals surface area contributed by atoms with E-state index in [1.807, 2.05) is 0 Å². The van der Waals surface area contributed by atoms with Crippen molar-refractivity contribution in [3.63, 3.8) is 0 Å². The van der Waals surface area contributed by atoms with Gasteiger partial charge in [0, 0.05) is 25.4 Å². The van der Waals surface area contributed by atoms with Gasteiger partial charge in [0.25, 0.3) is 0 Å². The number of anilines is 3. The molecule has 2 heterocycles. The van der Waals surface area contributed by atoms with Crippen molar-refractivity contribution in [2.45, 2.75) is 25.4 Å². The maximum atomic E-state index is 11.5. The van der Waals surface area contributed by atoms with Crippen LogP contribution in [0.1, 0.15) is 12.6 Å². The van der Waals surface area contributed by atoms with E-state index in [9.17, 15) is 14.7 Å². The molecule has 2 aromatic rings. The minimum absolute atomic E-state index is 0.00225. The number of carboxylic acids is 2. The number of aromatic amines is 1. The largest absolute Gasteiger partial charge is 0.480 e. The molecule has 0 amide bonds. The van der Waals surface area contributed by atoms with E-state index in [1.165, 1.54) is 19.4 Å². The molecular formula is C13H18N8O4. The van der Waals surface area contributed by atoms with E-state index >= 15 is 0 Å². The predicted molar refractivity (Wildman–Crippen MR) is 87.4 cm³/mol. The number of hydrogen-bond donors (Lipinski definition) is 6. The van der Waals surface area contributed by atoms with Crippen LogP contribution < -0.4 is 16.0 Å². The summed E-state index contributed by atoms with van der Waals surface area (Å²) in [5.74, 6) is -2.03. The Morgan fingerprint density at radius 3 is 2.28 bits per heavy atom. The van der Waals surface area contributed by atoms with Gasteiger partial charge in [-0.3, -0.25) is 4.79 Å². The zero-order valence-corrected chi connectivity index (χ0v) is 13.5. The maximum absolute atomic E-state index is 11.5. The minimum Gasteiger partial charge on any atom is -0.480 e. The maximum Gasteiger partial charge on any atom is 0.326 e. The normalized spacial score (nSPS) is 12.9. The Labute approximate surface area is 142 Å². The van der Waals surface area contributed by atoms with Crippen LogP contribution in [-0.4, -0.2) is 66.2 Å². The molecule has 2 rings (SSSR count). The molecule has 0 aliphatic rings. The van der Waals surface area contributed by atoms with Crippen molar-refractivity contribution in [2.24, 2.45) is 0 Å². The van der Waals surface area contributed by atoms with E-state index in [0.717, 1.165) is 0 Å². The number of imidazole rings is 1. The number of hydrogen-bond acceptors (Lipinski definition) is 9. The lowest BCUT2D eigenvalue weighted by atomic mass is 10.2. The van der Waals surface area contributed by atoms with Gasteiger partial charge >= 0.3 is 11.9 Å². The highest BCUT2D eigenvalue weighted by Gasteiger charge is 2.21. The van der Waals surface area contributed by atoms with Crippen LogP contribution in [0.5, 0.6) is 0 Å². The number of carbonyl (C=O) groups is 2. The van der Waals surface area contributed by atoms with Gasteiger partial charge in [-0.15, -0.1) is 0 Å². The predicted octanol–water partition coefficient (Wildman–Crippen LogP) is -0.371. The Morgan fingerprint density at radius 1 is 1.12 bits per heavy atom. The summed E-state index contributed by atoms with van der Waals surface area (Å²) in [5.41, 5.74) is 0.626. The van der Waals surface area contributed by atoms with E-state index in [0.29, 0.717) is 5.69 Å². The second-order valence-electron chi connectivity index (χ2n) is 5.08. The second-order valence-corrected chi connectivity index (χ2v) is 5.08. The summed E-state index contributed by atoms with van der Waals surface area (Å²) < 4.78 is 0. The number of aliphatic carboxylic acids is 2. The number of nitrogens with one attached hydrogen (secondary N) is 4. The molecule has 0 radical (unpaired) electrons.